The van der Waals surface area contributed by atoms with Gasteiger partial charge < -0.3 is 19.7 Å². The van der Waals surface area contributed by atoms with Crippen LogP contribution in [0.1, 0.15) is 16.1 Å². The lowest BCUT2D eigenvalue weighted by Crippen LogP contribution is -2.32. The Hall–Kier alpha value is -2.34. The number of likely N-dealkylation sites (N-methyl/N-ethyl adjacent to an activating group) is 1. The third kappa shape index (κ3) is 3.16. The Morgan fingerprint density at radius 3 is 2.70 bits per heavy atom. The zero-order valence-corrected chi connectivity index (χ0v) is 11.3. The Labute approximate surface area is 116 Å². The smallest absolute Gasteiger partial charge is 0.371 e. The van der Waals surface area contributed by atoms with E-state index in [9.17, 15) is 9.59 Å². The largest absolute Gasteiger partial charge is 0.475 e. The van der Waals surface area contributed by atoms with Gasteiger partial charge in [-0.05, 0) is 23.8 Å². The first-order valence-corrected chi connectivity index (χ1v) is 6.14. The van der Waals surface area contributed by atoms with E-state index in [0.29, 0.717) is 12.1 Å². The second kappa shape index (κ2) is 5.75. The predicted octanol–water partition coefficient (Wildman–Crippen LogP) is 1.31. The lowest BCUT2D eigenvalue weighted by atomic mass is 10.1. The van der Waals surface area contributed by atoms with Gasteiger partial charge in [0, 0.05) is 26.0 Å². The van der Waals surface area contributed by atoms with Crippen molar-refractivity contribution in [2.75, 3.05) is 20.6 Å². The first-order chi connectivity index (χ1) is 9.47. The zero-order chi connectivity index (χ0) is 14.7. The number of rotatable bonds is 5. The molecule has 1 aromatic carbocycles. The maximum atomic E-state index is 11.4. The number of fused-ring (bicyclic) bond motifs is 1. The van der Waals surface area contributed by atoms with E-state index in [4.69, 9.17) is 9.52 Å². The molecule has 0 aliphatic heterocycles. The minimum atomic E-state index is -1.09. The second-order valence-electron chi connectivity index (χ2n) is 4.68. The van der Waals surface area contributed by atoms with Crippen molar-refractivity contribution in [1.29, 1.82) is 0 Å². The predicted molar refractivity (Wildman–Crippen MR) is 73.6 cm³/mol. The van der Waals surface area contributed by atoms with Gasteiger partial charge >= 0.3 is 5.97 Å². The summed E-state index contributed by atoms with van der Waals surface area (Å²) >= 11 is 0. The Bertz CT molecular complexity index is 646. The molecule has 1 aromatic heterocycles. The Morgan fingerprint density at radius 1 is 1.30 bits per heavy atom. The fourth-order valence-corrected chi connectivity index (χ4v) is 1.78. The van der Waals surface area contributed by atoms with Crippen molar-refractivity contribution in [2.45, 2.75) is 6.54 Å². The van der Waals surface area contributed by atoms with Crippen LogP contribution in [0.15, 0.2) is 28.7 Å². The molecule has 0 fully saturated rings. The molecule has 0 bridgehead atoms. The molecule has 2 rings (SSSR count). The summed E-state index contributed by atoms with van der Waals surface area (Å²) in [4.78, 5) is 23.7. The molecule has 2 N–H and O–H groups in total. The van der Waals surface area contributed by atoms with Gasteiger partial charge in [0.2, 0.25) is 11.7 Å². The van der Waals surface area contributed by atoms with Crippen LogP contribution in [0.3, 0.4) is 0 Å². The highest BCUT2D eigenvalue weighted by Crippen LogP contribution is 2.20. The van der Waals surface area contributed by atoms with E-state index >= 15 is 0 Å². The van der Waals surface area contributed by atoms with Crippen molar-refractivity contribution < 1.29 is 19.1 Å². The van der Waals surface area contributed by atoms with Crippen LogP contribution in [0.2, 0.25) is 0 Å². The number of amides is 1. The summed E-state index contributed by atoms with van der Waals surface area (Å²) in [7, 11) is 3.41. The van der Waals surface area contributed by atoms with Crippen molar-refractivity contribution in [1.82, 2.24) is 10.2 Å². The lowest BCUT2D eigenvalue weighted by molar-refractivity contribution is -0.127. The molecule has 0 saturated heterocycles. The average Bonchev–Trinajstić information content (AvgIpc) is 2.81. The van der Waals surface area contributed by atoms with E-state index in [-0.39, 0.29) is 18.2 Å². The van der Waals surface area contributed by atoms with Crippen molar-refractivity contribution >= 4 is 22.8 Å². The normalized spacial score (nSPS) is 10.7. The molecule has 1 amide bonds. The van der Waals surface area contributed by atoms with Gasteiger partial charge in [-0.2, -0.15) is 0 Å². The van der Waals surface area contributed by atoms with Crippen LogP contribution in [0.4, 0.5) is 0 Å². The van der Waals surface area contributed by atoms with Gasteiger partial charge in [-0.1, -0.05) is 6.07 Å². The van der Waals surface area contributed by atoms with E-state index in [2.05, 4.69) is 5.32 Å². The first-order valence-electron chi connectivity index (χ1n) is 6.14. The standard InChI is InChI=1S/C14H16N2O4/c1-16(2)13(17)8-15-7-9-3-4-11-10(5-9)6-12(20-11)14(18)19/h3-6,15H,7-8H2,1-2H3,(H,18,19). The number of carboxylic acid groups (broad SMARTS) is 1. The van der Waals surface area contributed by atoms with Crippen molar-refractivity contribution in [2.24, 2.45) is 0 Å². The van der Waals surface area contributed by atoms with E-state index in [1.54, 1.807) is 20.2 Å². The molecule has 0 atom stereocenters. The highest BCUT2D eigenvalue weighted by atomic mass is 16.4. The number of hydrogen-bond donors (Lipinski definition) is 2. The van der Waals surface area contributed by atoms with Crippen LogP contribution >= 0.6 is 0 Å². The number of furan rings is 1. The summed E-state index contributed by atoms with van der Waals surface area (Å²) in [6, 6.07) is 6.90. The van der Waals surface area contributed by atoms with Crippen LogP contribution in [0, 0.1) is 0 Å². The van der Waals surface area contributed by atoms with Crippen molar-refractivity contribution in [3.05, 3.63) is 35.6 Å². The summed E-state index contributed by atoms with van der Waals surface area (Å²) < 4.78 is 5.18. The number of nitrogens with zero attached hydrogens (tertiary/aromatic N) is 1. The Kier molecular flexibility index (Phi) is 4.05. The summed E-state index contributed by atoms with van der Waals surface area (Å²) in [6.45, 7) is 0.792. The maximum Gasteiger partial charge on any atom is 0.371 e. The van der Waals surface area contributed by atoms with Crippen LogP contribution in [-0.4, -0.2) is 42.5 Å². The first kappa shape index (κ1) is 14.1. The number of benzene rings is 1. The highest BCUT2D eigenvalue weighted by Gasteiger charge is 2.10. The monoisotopic (exact) mass is 276 g/mol. The highest BCUT2D eigenvalue weighted by molar-refractivity contribution is 5.91. The molecule has 0 radical (unpaired) electrons. The SMILES string of the molecule is CN(C)C(=O)CNCc1ccc2oc(C(=O)O)cc2c1. The van der Waals surface area contributed by atoms with Crippen molar-refractivity contribution in [3.8, 4) is 0 Å². The number of carboxylic acids is 1. The minimum Gasteiger partial charge on any atom is -0.475 e. The molecular formula is C14H16N2O4. The summed E-state index contributed by atoms with van der Waals surface area (Å²) in [5.41, 5.74) is 1.50. The average molecular weight is 276 g/mol. The van der Waals surface area contributed by atoms with E-state index < -0.39 is 5.97 Å². The zero-order valence-electron chi connectivity index (χ0n) is 11.3. The number of carbonyl (C=O) groups excluding carboxylic acids is 1. The van der Waals surface area contributed by atoms with E-state index in [1.165, 1.54) is 11.0 Å². The summed E-state index contributed by atoms with van der Waals surface area (Å²) in [6.07, 6.45) is 0. The van der Waals surface area contributed by atoms with Crippen LogP contribution in [0.5, 0.6) is 0 Å². The van der Waals surface area contributed by atoms with Gasteiger partial charge in [0.25, 0.3) is 0 Å². The molecule has 0 spiro atoms. The van der Waals surface area contributed by atoms with Gasteiger partial charge in [-0.25, -0.2) is 4.79 Å². The van der Waals surface area contributed by atoms with E-state index in [0.717, 1.165) is 10.9 Å². The second-order valence-corrected chi connectivity index (χ2v) is 4.68. The Morgan fingerprint density at radius 2 is 2.05 bits per heavy atom. The summed E-state index contributed by atoms with van der Waals surface area (Å²) in [5, 5.41) is 12.6. The summed E-state index contributed by atoms with van der Waals surface area (Å²) in [5.74, 6) is -1.16. The number of aromatic carboxylic acids is 1. The molecule has 20 heavy (non-hydrogen) atoms. The third-order valence-corrected chi connectivity index (χ3v) is 2.90. The van der Waals surface area contributed by atoms with Crippen LogP contribution in [-0.2, 0) is 11.3 Å². The topological polar surface area (TPSA) is 82.8 Å². The van der Waals surface area contributed by atoms with Gasteiger partial charge in [0.1, 0.15) is 5.58 Å². The maximum absolute atomic E-state index is 11.4. The van der Waals surface area contributed by atoms with Gasteiger partial charge in [-0.15, -0.1) is 0 Å². The van der Waals surface area contributed by atoms with Gasteiger partial charge in [0.15, 0.2) is 0 Å². The van der Waals surface area contributed by atoms with Crippen molar-refractivity contribution in [3.63, 3.8) is 0 Å². The molecule has 0 saturated carbocycles. The molecule has 106 valence electrons. The Balaban J connectivity index is 2.04. The molecule has 2 aromatic rings. The molecular weight excluding hydrogens is 260 g/mol. The fraction of sp³-hybridized carbons (Fsp3) is 0.286. The molecule has 0 unspecified atom stereocenters. The number of hydrogen-bond acceptors (Lipinski definition) is 4. The van der Waals surface area contributed by atoms with Gasteiger partial charge in [-0.3, -0.25) is 4.79 Å². The third-order valence-electron chi connectivity index (χ3n) is 2.90. The van der Waals surface area contributed by atoms with E-state index in [1.807, 2.05) is 12.1 Å². The fourth-order valence-electron chi connectivity index (χ4n) is 1.78. The molecule has 1 heterocycles. The van der Waals surface area contributed by atoms with Crippen LogP contribution < -0.4 is 5.32 Å². The molecule has 6 heteroatoms. The molecule has 0 aliphatic carbocycles. The lowest BCUT2D eigenvalue weighted by Gasteiger charge is -2.10. The molecule has 6 nitrogen and oxygen atoms in total. The van der Waals surface area contributed by atoms with Gasteiger partial charge in [0.05, 0.1) is 6.54 Å². The number of carbonyl (C=O) groups is 2. The quantitative estimate of drug-likeness (QED) is 0.860. The van der Waals surface area contributed by atoms with Crippen LogP contribution in [0.25, 0.3) is 11.0 Å². The minimum absolute atomic E-state index is 0.00236. The molecule has 0 aliphatic rings. The number of nitrogens with one attached hydrogen (secondary N) is 1.